The summed E-state index contributed by atoms with van der Waals surface area (Å²) in [7, 11) is 0. The summed E-state index contributed by atoms with van der Waals surface area (Å²) in [5.74, 6) is 0. The molecule has 0 atom stereocenters. The SMILES string of the molecule is CC(C)O[C]([Sn])(OC(C)C)OC(C)C. The second kappa shape index (κ2) is 6.30. The van der Waals surface area contributed by atoms with Gasteiger partial charge in [-0.15, -0.1) is 0 Å². The average Bonchev–Trinajstić information content (AvgIpc) is 1.76. The van der Waals surface area contributed by atoms with Crippen LogP contribution in [0.5, 0.6) is 0 Å². The summed E-state index contributed by atoms with van der Waals surface area (Å²) in [6.07, 6.45) is 0.311. The molecule has 0 heterocycles. The van der Waals surface area contributed by atoms with Crippen LogP contribution in [0.15, 0.2) is 0 Å². The molecule has 0 aromatic heterocycles. The van der Waals surface area contributed by atoms with Crippen molar-refractivity contribution in [3.63, 3.8) is 0 Å². The zero-order valence-electron chi connectivity index (χ0n) is 9.96. The van der Waals surface area contributed by atoms with Gasteiger partial charge in [-0.25, -0.2) is 0 Å². The molecule has 0 bridgehead atoms. The van der Waals surface area contributed by atoms with Gasteiger partial charge in [-0.3, -0.25) is 0 Å². The van der Waals surface area contributed by atoms with Crippen molar-refractivity contribution >= 4 is 22.5 Å². The summed E-state index contributed by atoms with van der Waals surface area (Å²) in [4.78, 5) is 0. The maximum absolute atomic E-state index is 5.66. The van der Waals surface area contributed by atoms with Gasteiger partial charge >= 0.3 is 101 Å². The van der Waals surface area contributed by atoms with Crippen molar-refractivity contribution in [2.75, 3.05) is 0 Å². The van der Waals surface area contributed by atoms with E-state index in [2.05, 4.69) is 0 Å². The summed E-state index contributed by atoms with van der Waals surface area (Å²) in [5, 5.41) is 0. The second-order valence-corrected chi connectivity index (χ2v) is 5.80. The van der Waals surface area contributed by atoms with Crippen LogP contribution in [0.2, 0.25) is 0 Å². The van der Waals surface area contributed by atoms with E-state index in [1.165, 1.54) is 0 Å². The van der Waals surface area contributed by atoms with Crippen LogP contribution in [0.25, 0.3) is 0 Å². The van der Waals surface area contributed by atoms with E-state index in [-0.39, 0.29) is 18.3 Å². The van der Waals surface area contributed by atoms with Gasteiger partial charge in [0.05, 0.1) is 0 Å². The van der Waals surface area contributed by atoms with Gasteiger partial charge in [-0.2, -0.15) is 0 Å². The Bertz CT molecular complexity index is 131. The fourth-order valence-corrected chi connectivity index (χ4v) is 3.03. The molecule has 0 aliphatic rings. The molecule has 0 aliphatic heterocycles. The third-order valence-corrected chi connectivity index (χ3v) is 2.18. The number of rotatable bonds is 6. The summed E-state index contributed by atoms with van der Waals surface area (Å²) < 4.78 is 16.1. The summed E-state index contributed by atoms with van der Waals surface area (Å²) in [5.41, 5.74) is 0. The first-order valence-corrected chi connectivity index (χ1v) is 6.46. The Balaban J connectivity index is 4.32. The zero-order chi connectivity index (χ0) is 11.4. The first kappa shape index (κ1) is 14.7. The van der Waals surface area contributed by atoms with E-state index in [4.69, 9.17) is 14.2 Å². The first-order valence-electron chi connectivity index (χ1n) is 5.03. The van der Waals surface area contributed by atoms with Gasteiger partial charge in [0.15, 0.2) is 0 Å². The van der Waals surface area contributed by atoms with Crippen molar-refractivity contribution in [1.29, 1.82) is 0 Å². The topological polar surface area (TPSA) is 27.7 Å². The molecular weight excluding hydrogens is 287 g/mol. The van der Waals surface area contributed by atoms with E-state index in [1.807, 2.05) is 41.5 Å². The van der Waals surface area contributed by atoms with Gasteiger partial charge in [0.25, 0.3) is 0 Å². The molecule has 83 valence electrons. The molecule has 3 radical (unpaired) electrons. The van der Waals surface area contributed by atoms with Crippen molar-refractivity contribution < 1.29 is 14.2 Å². The van der Waals surface area contributed by atoms with Gasteiger partial charge in [0, 0.05) is 0 Å². The molecule has 0 unspecified atom stereocenters. The third-order valence-electron chi connectivity index (χ3n) is 1.17. The van der Waals surface area contributed by atoms with Crippen molar-refractivity contribution in [2.45, 2.75) is 63.8 Å². The van der Waals surface area contributed by atoms with Gasteiger partial charge in [-0.1, -0.05) is 0 Å². The third kappa shape index (κ3) is 7.03. The standard InChI is InChI=1S/C10H21O3.Sn/c1-7(2)11-10(12-8(3)4)13-9(5)6;/h7-9H,1-6H3;. The fourth-order valence-electron chi connectivity index (χ4n) is 1.01. The second-order valence-electron chi connectivity index (χ2n) is 4.06. The van der Waals surface area contributed by atoms with Crippen LogP contribution in [0.1, 0.15) is 41.5 Å². The predicted molar refractivity (Wildman–Crippen MR) is 57.1 cm³/mol. The summed E-state index contributed by atoms with van der Waals surface area (Å²) >= 11 is 1.09. The molecule has 0 aliphatic carbocycles. The van der Waals surface area contributed by atoms with Crippen LogP contribution in [-0.2, 0) is 14.2 Å². The molecule has 0 N–H and O–H groups in total. The van der Waals surface area contributed by atoms with E-state index in [9.17, 15) is 0 Å². The van der Waals surface area contributed by atoms with Crippen molar-refractivity contribution in [2.24, 2.45) is 0 Å². The number of hydrogen-bond acceptors (Lipinski definition) is 3. The quantitative estimate of drug-likeness (QED) is 0.555. The molecule has 0 rings (SSSR count). The van der Waals surface area contributed by atoms with Crippen LogP contribution in [-0.4, -0.2) is 44.8 Å². The van der Waals surface area contributed by atoms with Crippen LogP contribution in [0, 0.1) is 0 Å². The Hall–Kier alpha value is 0.679. The van der Waals surface area contributed by atoms with Crippen molar-refractivity contribution in [1.82, 2.24) is 0 Å². The molecule has 3 nitrogen and oxygen atoms in total. The zero-order valence-corrected chi connectivity index (χ0v) is 12.8. The Labute approximate surface area is 101 Å². The van der Waals surface area contributed by atoms with E-state index in [1.54, 1.807) is 0 Å². The molecule has 4 heteroatoms. The molecule has 0 spiro atoms. The molecule has 0 aromatic carbocycles. The molecule has 0 fully saturated rings. The molecule has 0 amide bonds. The Morgan fingerprint density at radius 3 is 1.07 bits per heavy atom. The molecule has 0 saturated carbocycles. The molecule has 0 aromatic rings. The molecule has 0 saturated heterocycles. The van der Waals surface area contributed by atoms with E-state index < -0.39 is 3.99 Å². The van der Waals surface area contributed by atoms with E-state index in [0.717, 1.165) is 22.5 Å². The number of ether oxygens (including phenoxy) is 3. The van der Waals surface area contributed by atoms with Gasteiger partial charge < -0.3 is 0 Å². The van der Waals surface area contributed by atoms with Crippen molar-refractivity contribution in [3.8, 4) is 0 Å². The van der Waals surface area contributed by atoms with Crippen LogP contribution >= 0.6 is 0 Å². The van der Waals surface area contributed by atoms with Crippen LogP contribution in [0.3, 0.4) is 0 Å². The maximum atomic E-state index is 5.66. The normalized spacial score (nSPS) is 13.3. The summed E-state index contributed by atoms with van der Waals surface area (Å²) in [6, 6.07) is 0. The monoisotopic (exact) mass is 309 g/mol. The minimum absolute atomic E-state index is 0.104. The Morgan fingerprint density at radius 2 is 0.929 bits per heavy atom. The van der Waals surface area contributed by atoms with Gasteiger partial charge in [-0.05, 0) is 0 Å². The first-order chi connectivity index (χ1) is 6.25. The Kier molecular flexibility index (Phi) is 6.61. The molecular formula is C10H21O3Sn. The van der Waals surface area contributed by atoms with E-state index >= 15 is 0 Å². The fraction of sp³-hybridized carbons (Fsp3) is 1.00. The number of hydrogen-bond donors (Lipinski definition) is 0. The minimum atomic E-state index is -0.844. The van der Waals surface area contributed by atoms with E-state index in [0.29, 0.717) is 0 Å². The van der Waals surface area contributed by atoms with Crippen LogP contribution < -0.4 is 0 Å². The average molecular weight is 308 g/mol. The van der Waals surface area contributed by atoms with Gasteiger partial charge in [0.2, 0.25) is 0 Å². The molecule has 14 heavy (non-hydrogen) atoms. The summed E-state index contributed by atoms with van der Waals surface area (Å²) in [6.45, 7) is 11.9. The van der Waals surface area contributed by atoms with Crippen LogP contribution in [0.4, 0.5) is 0 Å². The predicted octanol–water partition coefficient (Wildman–Crippen LogP) is 2.04. The van der Waals surface area contributed by atoms with Crippen molar-refractivity contribution in [3.05, 3.63) is 0 Å². The Morgan fingerprint density at radius 1 is 0.714 bits per heavy atom. The van der Waals surface area contributed by atoms with Gasteiger partial charge in [0.1, 0.15) is 0 Å².